The van der Waals surface area contributed by atoms with E-state index in [4.69, 9.17) is 0 Å². The largest absolute Gasteiger partial charge is 0.0924 e. The molecule has 1 heteroatoms. The van der Waals surface area contributed by atoms with Crippen LogP contribution < -0.4 is 0 Å². The van der Waals surface area contributed by atoms with Crippen molar-refractivity contribution in [2.75, 3.05) is 5.33 Å². The van der Waals surface area contributed by atoms with Crippen LogP contribution in [0.5, 0.6) is 0 Å². The molecule has 0 fully saturated rings. The number of benzene rings is 3. The molecule has 0 aliphatic rings. The molecule has 0 aliphatic heterocycles. The Morgan fingerprint density at radius 3 is 1.86 bits per heavy atom. The van der Waals surface area contributed by atoms with Crippen molar-refractivity contribution in [3.63, 3.8) is 0 Å². The van der Waals surface area contributed by atoms with Gasteiger partial charge in [-0.2, -0.15) is 0 Å². The molecule has 0 aromatic heterocycles. The Kier molecular flexibility index (Phi) is 7.91. The van der Waals surface area contributed by atoms with Gasteiger partial charge >= 0.3 is 0 Å². The van der Waals surface area contributed by atoms with Crippen LogP contribution in [0.25, 0.3) is 22.3 Å². The molecule has 0 nitrogen and oxygen atoms in total. The molecule has 0 atom stereocenters. The summed E-state index contributed by atoms with van der Waals surface area (Å²) in [4.78, 5) is 0. The van der Waals surface area contributed by atoms with E-state index in [0.717, 1.165) is 18.2 Å². The lowest BCUT2D eigenvalue weighted by molar-refractivity contribution is 0.717. The number of aryl methyl sites for hydroxylation is 3. The van der Waals surface area contributed by atoms with Crippen LogP contribution in [0.2, 0.25) is 0 Å². The third kappa shape index (κ3) is 5.35. The molecule has 0 N–H and O–H groups in total. The fraction of sp³-hybridized carbons (Fsp3) is 0.333. The minimum absolute atomic E-state index is 1.01. The first-order valence-electron chi connectivity index (χ1n) is 10.6. The van der Waals surface area contributed by atoms with Crippen molar-refractivity contribution in [1.82, 2.24) is 0 Å². The van der Waals surface area contributed by atoms with Gasteiger partial charge in [0.1, 0.15) is 0 Å². The second-order valence-corrected chi connectivity index (χ2v) is 8.31. The fourth-order valence-electron chi connectivity index (χ4n) is 3.75. The Morgan fingerprint density at radius 1 is 0.643 bits per heavy atom. The standard InChI is InChI=1S/C27H31Br/c1-3-5-6-7-21-8-12-24(13-9-21)26-16-17-27(23(4-2)20-26)25-14-10-22(11-15-25)18-19-28/h8-17,20H,3-7,18-19H2,1-2H3. The van der Waals surface area contributed by atoms with E-state index < -0.39 is 0 Å². The molecule has 0 amide bonds. The first-order valence-corrected chi connectivity index (χ1v) is 11.7. The first-order chi connectivity index (χ1) is 13.7. The van der Waals surface area contributed by atoms with E-state index in [1.54, 1.807) is 0 Å². The van der Waals surface area contributed by atoms with Gasteiger partial charge in [-0.15, -0.1) is 0 Å². The van der Waals surface area contributed by atoms with Crippen LogP contribution in [0.4, 0.5) is 0 Å². The maximum Gasteiger partial charge on any atom is 0.00718 e. The zero-order chi connectivity index (χ0) is 19.8. The molecule has 0 unspecified atom stereocenters. The van der Waals surface area contributed by atoms with Gasteiger partial charge in [0.2, 0.25) is 0 Å². The van der Waals surface area contributed by atoms with E-state index >= 15 is 0 Å². The van der Waals surface area contributed by atoms with Crippen molar-refractivity contribution >= 4 is 15.9 Å². The minimum atomic E-state index is 1.01. The van der Waals surface area contributed by atoms with Crippen LogP contribution in [0, 0.1) is 0 Å². The maximum absolute atomic E-state index is 3.52. The van der Waals surface area contributed by atoms with E-state index in [9.17, 15) is 0 Å². The Morgan fingerprint density at radius 2 is 1.25 bits per heavy atom. The van der Waals surface area contributed by atoms with Gasteiger partial charge in [0.05, 0.1) is 0 Å². The van der Waals surface area contributed by atoms with Gasteiger partial charge in [0.25, 0.3) is 0 Å². The lowest BCUT2D eigenvalue weighted by Gasteiger charge is -2.12. The van der Waals surface area contributed by atoms with E-state index in [1.807, 2.05) is 0 Å². The monoisotopic (exact) mass is 434 g/mol. The summed E-state index contributed by atoms with van der Waals surface area (Å²) in [6.07, 6.45) is 7.21. The second kappa shape index (κ2) is 10.6. The Hall–Kier alpha value is -1.86. The fourth-order valence-corrected chi connectivity index (χ4v) is 4.21. The van der Waals surface area contributed by atoms with Gasteiger partial charge in [-0.25, -0.2) is 0 Å². The molecular formula is C27H31Br. The summed E-state index contributed by atoms with van der Waals surface area (Å²) in [5.74, 6) is 0. The molecule has 3 aromatic carbocycles. The third-order valence-corrected chi connectivity index (χ3v) is 5.89. The third-order valence-electron chi connectivity index (χ3n) is 5.49. The highest BCUT2D eigenvalue weighted by molar-refractivity contribution is 9.09. The molecule has 0 aliphatic carbocycles. The Bertz CT molecular complexity index is 860. The van der Waals surface area contributed by atoms with Crippen LogP contribution in [0.3, 0.4) is 0 Å². The summed E-state index contributed by atoms with van der Waals surface area (Å²) in [5, 5.41) is 1.01. The smallest absolute Gasteiger partial charge is 0.00718 e. The highest BCUT2D eigenvalue weighted by Crippen LogP contribution is 2.30. The van der Waals surface area contributed by atoms with E-state index in [1.165, 1.54) is 64.6 Å². The molecule has 3 aromatic rings. The highest BCUT2D eigenvalue weighted by atomic mass is 79.9. The van der Waals surface area contributed by atoms with Crippen LogP contribution in [-0.4, -0.2) is 5.33 Å². The predicted octanol–water partition coefficient (Wildman–Crippen LogP) is 8.25. The highest BCUT2D eigenvalue weighted by Gasteiger charge is 2.07. The summed E-state index contributed by atoms with van der Waals surface area (Å²) in [6.45, 7) is 4.51. The molecule has 146 valence electrons. The molecule has 3 rings (SSSR count). The summed E-state index contributed by atoms with van der Waals surface area (Å²) >= 11 is 3.52. The molecule has 0 heterocycles. The normalized spacial score (nSPS) is 11.0. The van der Waals surface area contributed by atoms with E-state index in [-0.39, 0.29) is 0 Å². The Labute approximate surface area is 179 Å². The van der Waals surface area contributed by atoms with Crippen LogP contribution >= 0.6 is 15.9 Å². The Balaban J connectivity index is 1.80. The number of halogens is 1. The van der Waals surface area contributed by atoms with Crippen molar-refractivity contribution in [2.45, 2.75) is 52.4 Å². The predicted molar refractivity (Wildman–Crippen MR) is 127 cm³/mol. The quantitative estimate of drug-likeness (QED) is 0.234. The van der Waals surface area contributed by atoms with E-state index in [2.05, 4.69) is 96.5 Å². The molecule has 28 heavy (non-hydrogen) atoms. The van der Waals surface area contributed by atoms with Crippen molar-refractivity contribution in [2.24, 2.45) is 0 Å². The van der Waals surface area contributed by atoms with E-state index in [0.29, 0.717) is 0 Å². The number of hydrogen-bond donors (Lipinski definition) is 0. The molecule has 0 radical (unpaired) electrons. The summed E-state index contributed by atoms with van der Waals surface area (Å²) in [5.41, 5.74) is 9.55. The van der Waals surface area contributed by atoms with Crippen molar-refractivity contribution < 1.29 is 0 Å². The SMILES string of the molecule is CCCCCc1ccc(-c2ccc(-c3ccc(CCBr)cc3)c(CC)c2)cc1. The van der Waals surface area contributed by atoms with Gasteiger partial charge in [-0.3, -0.25) is 0 Å². The number of alkyl halides is 1. The molecule has 0 saturated carbocycles. The molecular weight excluding hydrogens is 404 g/mol. The zero-order valence-corrected chi connectivity index (χ0v) is 18.8. The second-order valence-electron chi connectivity index (χ2n) is 7.52. The number of rotatable bonds is 9. The van der Waals surface area contributed by atoms with Gasteiger partial charge in [-0.05, 0) is 64.6 Å². The number of hydrogen-bond acceptors (Lipinski definition) is 0. The zero-order valence-electron chi connectivity index (χ0n) is 17.2. The van der Waals surface area contributed by atoms with Crippen molar-refractivity contribution in [3.8, 4) is 22.3 Å². The van der Waals surface area contributed by atoms with Gasteiger partial charge < -0.3 is 0 Å². The average Bonchev–Trinajstić information content (AvgIpc) is 2.75. The lowest BCUT2D eigenvalue weighted by atomic mass is 9.92. The van der Waals surface area contributed by atoms with Gasteiger partial charge in [-0.1, -0.05) is 109 Å². The lowest BCUT2D eigenvalue weighted by Crippen LogP contribution is -1.91. The summed E-state index contributed by atoms with van der Waals surface area (Å²) in [7, 11) is 0. The average molecular weight is 435 g/mol. The van der Waals surface area contributed by atoms with Gasteiger partial charge in [0, 0.05) is 5.33 Å². The van der Waals surface area contributed by atoms with Crippen molar-refractivity contribution in [3.05, 3.63) is 83.4 Å². The van der Waals surface area contributed by atoms with Crippen LogP contribution in [0.1, 0.15) is 49.8 Å². The maximum atomic E-state index is 3.52. The molecule has 0 spiro atoms. The van der Waals surface area contributed by atoms with Crippen molar-refractivity contribution in [1.29, 1.82) is 0 Å². The van der Waals surface area contributed by atoms with Crippen LogP contribution in [0.15, 0.2) is 66.7 Å². The molecule has 0 bridgehead atoms. The molecule has 0 saturated heterocycles. The van der Waals surface area contributed by atoms with Crippen LogP contribution in [-0.2, 0) is 19.3 Å². The topological polar surface area (TPSA) is 0 Å². The first kappa shape index (κ1) is 20.9. The summed E-state index contributed by atoms with van der Waals surface area (Å²) in [6, 6.07) is 25.1. The summed E-state index contributed by atoms with van der Waals surface area (Å²) < 4.78 is 0. The van der Waals surface area contributed by atoms with Gasteiger partial charge in [0.15, 0.2) is 0 Å². The minimum Gasteiger partial charge on any atom is -0.0924 e. The number of unbranched alkanes of at least 4 members (excludes halogenated alkanes) is 2.